The summed E-state index contributed by atoms with van der Waals surface area (Å²) >= 11 is 1.36. The third-order valence-corrected chi connectivity index (χ3v) is 6.08. The highest BCUT2D eigenvalue weighted by atomic mass is 32.2. The number of benzene rings is 2. The number of carbonyl (C=O) groups excluding carboxylic acids is 1. The van der Waals surface area contributed by atoms with Crippen LogP contribution in [0, 0.1) is 0 Å². The van der Waals surface area contributed by atoms with Crippen LogP contribution >= 0.6 is 11.8 Å². The molecule has 0 atom stereocenters. The van der Waals surface area contributed by atoms with Gasteiger partial charge in [-0.15, -0.1) is 0 Å². The molecule has 2 aromatic carbocycles. The summed E-state index contributed by atoms with van der Waals surface area (Å²) in [6, 6.07) is 14.7. The van der Waals surface area contributed by atoms with E-state index in [1.165, 1.54) is 18.9 Å². The molecule has 0 bridgehead atoms. The highest BCUT2D eigenvalue weighted by Crippen LogP contribution is 2.23. The summed E-state index contributed by atoms with van der Waals surface area (Å²) in [5.41, 5.74) is 1.77. The number of unbranched alkanes of at least 4 members (excludes halogenated alkanes) is 1. The van der Waals surface area contributed by atoms with Crippen molar-refractivity contribution in [2.75, 3.05) is 7.11 Å². The second kappa shape index (κ2) is 10.4. The fourth-order valence-corrected chi connectivity index (χ4v) is 4.26. The molecule has 4 aromatic rings. The number of carbonyl (C=O) groups is 1. The van der Waals surface area contributed by atoms with E-state index in [9.17, 15) is 9.59 Å². The van der Waals surface area contributed by atoms with Crippen LogP contribution in [0.25, 0.3) is 10.9 Å². The zero-order valence-corrected chi connectivity index (χ0v) is 19.3. The van der Waals surface area contributed by atoms with Gasteiger partial charge in [0.15, 0.2) is 11.0 Å². The first kappa shape index (κ1) is 22.7. The van der Waals surface area contributed by atoms with E-state index < -0.39 is 5.97 Å². The van der Waals surface area contributed by atoms with Crippen molar-refractivity contribution in [1.29, 1.82) is 0 Å². The molecule has 0 aliphatic rings. The minimum absolute atomic E-state index is 0.136. The largest absolute Gasteiger partial charge is 0.465 e. The molecule has 9 heteroatoms. The number of nitrogens with zero attached hydrogens (tertiary/aromatic N) is 4. The minimum atomic E-state index is -0.472. The first-order valence-electron chi connectivity index (χ1n) is 10.7. The van der Waals surface area contributed by atoms with Crippen LogP contribution in [0.5, 0.6) is 0 Å². The van der Waals surface area contributed by atoms with Crippen molar-refractivity contribution in [3.8, 4) is 0 Å². The average molecular weight is 465 g/mol. The Morgan fingerprint density at radius 1 is 1.15 bits per heavy atom. The number of thioether (sulfide) groups is 1. The number of methoxy groups -OCH3 is 1. The molecular formula is C24H24N4O4S. The van der Waals surface area contributed by atoms with E-state index in [1.807, 2.05) is 30.3 Å². The molecule has 2 aromatic heterocycles. The standard InChI is InChI=1S/C24H24N4O4S/c1-3-4-12-28-22(29)18-11-10-17(23(30)31-2)14-19(18)25-24(28)33-15-21-26-20(27-32-21)13-16-8-6-5-7-9-16/h5-11,14H,3-4,12-13,15H2,1-2H3. The van der Waals surface area contributed by atoms with Gasteiger partial charge in [-0.1, -0.05) is 60.6 Å². The van der Waals surface area contributed by atoms with Crippen molar-refractivity contribution in [3.63, 3.8) is 0 Å². The maximum atomic E-state index is 13.2. The first-order chi connectivity index (χ1) is 16.1. The van der Waals surface area contributed by atoms with E-state index in [-0.39, 0.29) is 5.56 Å². The Morgan fingerprint density at radius 2 is 1.97 bits per heavy atom. The monoisotopic (exact) mass is 464 g/mol. The third-order valence-electron chi connectivity index (χ3n) is 5.12. The van der Waals surface area contributed by atoms with E-state index in [0.717, 1.165) is 18.4 Å². The number of rotatable bonds is 9. The normalized spacial score (nSPS) is 11.1. The zero-order valence-electron chi connectivity index (χ0n) is 18.5. The predicted molar refractivity (Wildman–Crippen MR) is 125 cm³/mol. The summed E-state index contributed by atoms with van der Waals surface area (Å²) in [6.45, 7) is 2.63. The van der Waals surface area contributed by atoms with Gasteiger partial charge in [-0.25, -0.2) is 9.78 Å². The first-order valence-corrected chi connectivity index (χ1v) is 11.7. The molecule has 4 rings (SSSR count). The van der Waals surface area contributed by atoms with Crippen LogP contribution in [0.1, 0.15) is 47.4 Å². The molecule has 0 fully saturated rings. The summed E-state index contributed by atoms with van der Waals surface area (Å²) in [5.74, 6) is 0.975. The maximum Gasteiger partial charge on any atom is 0.337 e. The van der Waals surface area contributed by atoms with Crippen LogP contribution in [0.3, 0.4) is 0 Å². The molecule has 8 nitrogen and oxygen atoms in total. The highest BCUT2D eigenvalue weighted by Gasteiger charge is 2.16. The van der Waals surface area contributed by atoms with Crippen LogP contribution in [0.15, 0.2) is 63.0 Å². The number of ether oxygens (including phenoxy) is 1. The number of esters is 1. The van der Waals surface area contributed by atoms with Gasteiger partial charge >= 0.3 is 5.97 Å². The van der Waals surface area contributed by atoms with Crippen molar-refractivity contribution in [1.82, 2.24) is 19.7 Å². The topological polar surface area (TPSA) is 100 Å². The van der Waals surface area contributed by atoms with Crippen molar-refractivity contribution in [2.24, 2.45) is 0 Å². The van der Waals surface area contributed by atoms with Gasteiger partial charge < -0.3 is 9.26 Å². The van der Waals surface area contributed by atoms with E-state index in [0.29, 0.717) is 52.1 Å². The van der Waals surface area contributed by atoms with Crippen molar-refractivity contribution >= 4 is 28.6 Å². The van der Waals surface area contributed by atoms with Gasteiger partial charge in [0, 0.05) is 13.0 Å². The van der Waals surface area contributed by atoms with E-state index in [1.54, 1.807) is 22.8 Å². The number of aromatic nitrogens is 4. The van der Waals surface area contributed by atoms with Crippen LogP contribution in [0.2, 0.25) is 0 Å². The lowest BCUT2D eigenvalue weighted by Gasteiger charge is -2.12. The molecule has 33 heavy (non-hydrogen) atoms. The van der Waals surface area contributed by atoms with Crippen molar-refractivity contribution in [3.05, 3.63) is 81.7 Å². The third kappa shape index (κ3) is 5.31. The summed E-state index contributed by atoms with van der Waals surface area (Å²) < 4.78 is 11.9. The molecule has 170 valence electrons. The van der Waals surface area contributed by atoms with Gasteiger partial charge in [0.2, 0.25) is 5.89 Å². The fourth-order valence-electron chi connectivity index (χ4n) is 3.39. The Balaban J connectivity index is 1.60. The minimum Gasteiger partial charge on any atom is -0.465 e. The maximum absolute atomic E-state index is 13.2. The lowest BCUT2D eigenvalue weighted by Crippen LogP contribution is -2.23. The van der Waals surface area contributed by atoms with Gasteiger partial charge in [0.1, 0.15) is 0 Å². The molecule has 2 heterocycles. The van der Waals surface area contributed by atoms with Gasteiger partial charge in [-0.05, 0) is 30.2 Å². The quantitative estimate of drug-likeness (QED) is 0.206. The summed E-state index contributed by atoms with van der Waals surface area (Å²) in [5, 5.41) is 5.07. The second-order valence-electron chi connectivity index (χ2n) is 7.48. The number of fused-ring (bicyclic) bond motifs is 1. The Hall–Kier alpha value is -3.46. The van der Waals surface area contributed by atoms with E-state index in [2.05, 4.69) is 22.0 Å². The van der Waals surface area contributed by atoms with E-state index >= 15 is 0 Å². The summed E-state index contributed by atoms with van der Waals surface area (Å²) in [4.78, 5) is 34.2. The molecular weight excluding hydrogens is 440 g/mol. The smallest absolute Gasteiger partial charge is 0.337 e. The van der Waals surface area contributed by atoms with Gasteiger partial charge in [-0.2, -0.15) is 4.98 Å². The predicted octanol–water partition coefficient (Wildman–Crippen LogP) is 4.25. The summed E-state index contributed by atoms with van der Waals surface area (Å²) in [7, 11) is 1.32. The SMILES string of the molecule is CCCCn1c(SCc2nc(Cc3ccccc3)no2)nc2cc(C(=O)OC)ccc2c1=O. The molecule has 0 saturated carbocycles. The molecule has 0 aliphatic heterocycles. The van der Waals surface area contributed by atoms with Gasteiger partial charge in [-0.3, -0.25) is 9.36 Å². The molecule has 0 aliphatic carbocycles. The number of hydrogen-bond donors (Lipinski definition) is 0. The second-order valence-corrected chi connectivity index (χ2v) is 8.43. The Labute approximate surface area is 195 Å². The lowest BCUT2D eigenvalue weighted by molar-refractivity contribution is 0.0601. The van der Waals surface area contributed by atoms with Crippen LogP contribution in [-0.4, -0.2) is 32.8 Å². The molecule has 0 saturated heterocycles. The van der Waals surface area contributed by atoms with E-state index in [4.69, 9.17) is 9.26 Å². The Kier molecular flexibility index (Phi) is 7.19. The van der Waals surface area contributed by atoms with Gasteiger partial charge in [0.25, 0.3) is 5.56 Å². The molecule has 0 radical (unpaired) electrons. The van der Waals surface area contributed by atoms with Crippen LogP contribution < -0.4 is 5.56 Å². The Bertz CT molecular complexity index is 1320. The fraction of sp³-hybridized carbons (Fsp3) is 0.292. The lowest BCUT2D eigenvalue weighted by atomic mass is 10.1. The van der Waals surface area contributed by atoms with Crippen LogP contribution in [0.4, 0.5) is 0 Å². The Morgan fingerprint density at radius 3 is 2.73 bits per heavy atom. The molecule has 0 N–H and O–H groups in total. The number of hydrogen-bond acceptors (Lipinski definition) is 8. The van der Waals surface area contributed by atoms with Crippen LogP contribution in [-0.2, 0) is 23.5 Å². The summed E-state index contributed by atoms with van der Waals surface area (Å²) in [6.07, 6.45) is 2.38. The molecule has 0 spiro atoms. The highest BCUT2D eigenvalue weighted by molar-refractivity contribution is 7.98. The zero-order chi connectivity index (χ0) is 23.2. The van der Waals surface area contributed by atoms with Crippen molar-refractivity contribution in [2.45, 2.75) is 43.6 Å². The van der Waals surface area contributed by atoms with Gasteiger partial charge in [0.05, 0.1) is 29.3 Å². The van der Waals surface area contributed by atoms with Crippen molar-refractivity contribution < 1.29 is 14.1 Å². The molecule has 0 amide bonds. The molecule has 0 unspecified atom stereocenters. The average Bonchev–Trinajstić information content (AvgIpc) is 3.29.